The molecule has 2 rings (SSSR count). The highest BCUT2D eigenvalue weighted by Crippen LogP contribution is 2.14. The Bertz CT molecular complexity index is 506. The standard InChI is InChI=1S/C17H20FNO2.ClH/c1-2-3-4-15(13-19-9-11-21-12-10-19)17(20)14-5-7-16(18)8-6-14;/h1,5-8,15H,3-4,9-13H2;1H. The monoisotopic (exact) mass is 325 g/mol. The number of carbonyl (C=O) groups is 1. The van der Waals surface area contributed by atoms with Crippen LogP contribution >= 0.6 is 0 Å². The highest BCUT2D eigenvalue weighted by Gasteiger charge is 2.26. The molecule has 0 saturated carbocycles. The minimum absolute atomic E-state index is 0. The Balaban J connectivity index is 0.00000242. The van der Waals surface area contributed by atoms with Crippen LogP contribution in [0.25, 0.3) is 0 Å². The Morgan fingerprint density at radius 3 is 2.55 bits per heavy atom. The van der Waals surface area contributed by atoms with E-state index >= 15 is 0 Å². The molecule has 0 amide bonds. The van der Waals surface area contributed by atoms with Crippen molar-refractivity contribution in [3.05, 3.63) is 35.6 Å². The maximum absolute atomic E-state index is 13.0. The molecule has 1 aliphatic heterocycles. The van der Waals surface area contributed by atoms with Gasteiger partial charge in [-0.25, -0.2) is 4.39 Å². The van der Waals surface area contributed by atoms with Gasteiger partial charge in [-0.2, -0.15) is 0 Å². The van der Waals surface area contributed by atoms with E-state index in [1.165, 1.54) is 17.0 Å². The molecule has 1 N–H and O–H groups in total. The molecule has 0 bridgehead atoms. The van der Waals surface area contributed by atoms with Gasteiger partial charge in [0.25, 0.3) is 0 Å². The summed E-state index contributed by atoms with van der Waals surface area (Å²) in [6, 6.07) is 5.75. The van der Waals surface area contributed by atoms with E-state index in [0.29, 0.717) is 18.4 Å². The number of terminal acetylenes is 1. The molecule has 1 aromatic carbocycles. The molecular formula is C17H21ClFNO2. The van der Waals surface area contributed by atoms with Crippen molar-refractivity contribution in [1.82, 2.24) is 0 Å². The third-order valence-electron chi connectivity index (χ3n) is 3.87. The number of morpholine rings is 1. The van der Waals surface area contributed by atoms with E-state index in [1.807, 2.05) is 0 Å². The number of hydrogen-bond donors (Lipinski definition) is 1. The first-order valence-electron chi connectivity index (χ1n) is 7.35. The van der Waals surface area contributed by atoms with Gasteiger partial charge in [-0.3, -0.25) is 4.79 Å². The SMILES string of the molecule is C#CCCC(C[NH+]1CCOCC1)C(=O)c1ccc(F)cc1.[Cl-]. The minimum atomic E-state index is -0.328. The molecule has 1 unspecified atom stereocenters. The lowest BCUT2D eigenvalue weighted by molar-refractivity contribution is -0.910. The van der Waals surface area contributed by atoms with Crippen LogP contribution in [-0.4, -0.2) is 38.6 Å². The predicted molar refractivity (Wildman–Crippen MR) is 78.7 cm³/mol. The largest absolute Gasteiger partial charge is 1.00 e. The van der Waals surface area contributed by atoms with E-state index in [0.717, 1.165) is 32.8 Å². The summed E-state index contributed by atoms with van der Waals surface area (Å²) in [4.78, 5) is 14.0. The van der Waals surface area contributed by atoms with Crippen molar-refractivity contribution >= 4 is 5.78 Å². The smallest absolute Gasteiger partial charge is 0.171 e. The molecule has 22 heavy (non-hydrogen) atoms. The van der Waals surface area contributed by atoms with E-state index < -0.39 is 0 Å². The average molecular weight is 326 g/mol. The third kappa shape index (κ3) is 5.42. The third-order valence-corrected chi connectivity index (χ3v) is 3.87. The topological polar surface area (TPSA) is 30.7 Å². The molecule has 120 valence electrons. The predicted octanol–water partition coefficient (Wildman–Crippen LogP) is -2.04. The second-order valence-corrected chi connectivity index (χ2v) is 5.38. The highest BCUT2D eigenvalue weighted by atomic mass is 35.5. The van der Waals surface area contributed by atoms with Crippen molar-refractivity contribution in [2.45, 2.75) is 12.8 Å². The van der Waals surface area contributed by atoms with Crippen LogP contribution in [0.5, 0.6) is 0 Å². The zero-order valence-electron chi connectivity index (χ0n) is 12.5. The van der Waals surface area contributed by atoms with Gasteiger partial charge in [0.05, 0.1) is 25.7 Å². The van der Waals surface area contributed by atoms with Gasteiger partial charge in [0, 0.05) is 12.0 Å². The van der Waals surface area contributed by atoms with Crippen molar-refractivity contribution < 1.29 is 31.2 Å². The minimum Gasteiger partial charge on any atom is -1.00 e. The van der Waals surface area contributed by atoms with Crippen LogP contribution in [0.15, 0.2) is 24.3 Å². The molecule has 1 saturated heterocycles. The van der Waals surface area contributed by atoms with Crippen LogP contribution < -0.4 is 17.3 Å². The molecule has 0 aromatic heterocycles. The lowest BCUT2D eigenvalue weighted by Crippen LogP contribution is -3.14. The number of hydrogen-bond acceptors (Lipinski definition) is 2. The number of benzene rings is 1. The van der Waals surface area contributed by atoms with Crippen LogP contribution in [0.1, 0.15) is 23.2 Å². The number of quaternary nitrogens is 1. The fourth-order valence-electron chi connectivity index (χ4n) is 2.65. The summed E-state index contributed by atoms with van der Waals surface area (Å²) in [5, 5.41) is 0. The number of carbonyl (C=O) groups excluding carboxylic acids is 1. The maximum atomic E-state index is 13.0. The Hall–Kier alpha value is -1.41. The van der Waals surface area contributed by atoms with Gasteiger partial charge in [0.1, 0.15) is 18.9 Å². The van der Waals surface area contributed by atoms with Gasteiger partial charge in [-0.05, 0) is 30.7 Å². The van der Waals surface area contributed by atoms with Crippen LogP contribution in [-0.2, 0) is 4.74 Å². The molecule has 1 heterocycles. The summed E-state index contributed by atoms with van der Waals surface area (Å²) in [7, 11) is 0. The zero-order chi connectivity index (χ0) is 15.1. The number of ketones is 1. The number of nitrogens with one attached hydrogen (secondary N) is 1. The zero-order valence-corrected chi connectivity index (χ0v) is 13.2. The number of halogens is 2. The summed E-state index contributed by atoms with van der Waals surface area (Å²) in [5.74, 6) is 2.22. The maximum Gasteiger partial charge on any atom is 0.171 e. The number of Topliss-reactive ketones (excluding diaryl/α,β-unsaturated/α-hetero) is 1. The van der Waals surface area contributed by atoms with E-state index in [-0.39, 0.29) is 29.9 Å². The molecule has 0 radical (unpaired) electrons. The van der Waals surface area contributed by atoms with Crippen molar-refractivity contribution in [3.8, 4) is 12.3 Å². The first kappa shape index (κ1) is 18.6. The van der Waals surface area contributed by atoms with Gasteiger partial charge >= 0.3 is 0 Å². The normalized spacial score (nSPS) is 16.4. The molecule has 1 aromatic rings. The van der Waals surface area contributed by atoms with Crippen molar-refractivity contribution in [3.63, 3.8) is 0 Å². The highest BCUT2D eigenvalue weighted by molar-refractivity contribution is 5.97. The van der Waals surface area contributed by atoms with Crippen molar-refractivity contribution in [2.24, 2.45) is 5.92 Å². The Morgan fingerprint density at radius 1 is 1.32 bits per heavy atom. The second-order valence-electron chi connectivity index (χ2n) is 5.38. The van der Waals surface area contributed by atoms with E-state index in [2.05, 4.69) is 5.92 Å². The number of ether oxygens (including phenoxy) is 1. The fraction of sp³-hybridized carbons (Fsp3) is 0.471. The average Bonchev–Trinajstić information content (AvgIpc) is 2.52. The van der Waals surface area contributed by atoms with Gasteiger partial charge in [0.15, 0.2) is 5.78 Å². The molecule has 3 nitrogen and oxygen atoms in total. The molecular weight excluding hydrogens is 305 g/mol. The van der Waals surface area contributed by atoms with Gasteiger partial charge in [-0.15, -0.1) is 12.3 Å². The lowest BCUT2D eigenvalue weighted by Gasteiger charge is -2.27. The van der Waals surface area contributed by atoms with Crippen LogP contribution in [0.4, 0.5) is 4.39 Å². The molecule has 0 aliphatic carbocycles. The lowest BCUT2D eigenvalue weighted by atomic mass is 9.92. The first-order chi connectivity index (χ1) is 10.2. The summed E-state index contributed by atoms with van der Waals surface area (Å²) in [6.45, 7) is 4.08. The van der Waals surface area contributed by atoms with E-state index in [9.17, 15) is 9.18 Å². The fourth-order valence-corrected chi connectivity index (χ4v) is 2.65. The molecule has 1 atom stereocenters. The molecule has 1 fully saturated rings. The van der Waals surface area contributed by atoms with Gasteiger partial charge in [-0.1, -0.05) is 0 Å². The summed E-state index contributed by atoms with van der Waals surface area (Å²) >= 11 is 0. The van der Waals surface area contributed by atoms with E-state index in [1.54, 1.807) is 12.1 Å². The van der Waals surface area contributed by atoms with Gasteiger partial charge < -0.3 is 22.0 Å². The summed E-state index contributed by atoms with van der Waals surface area (Å²) in [6.07, 6.45) is 6.59. The van der Waals surface area contributed by atoms with Crippen LogP contribution in [0.3, 0.4) is 0 Å². The quantitative estimate of drug-likeness (QED) is 0.482. The van der Waals surface area contributed by atoms with Crippen LogP contribution in [0.2, 0.25) is 0 Å². The molecule has 5 heteroatoms. The number of rotatable bonds is 6. The van der Waals surface area contributed by atoms with Gasteiger partial charge in [0.2, 0.25) is 0 Å². The second kappa shape index (κ2) is 9.58. The molecule has 1 aliphatic rings. The Morgan fingerprint density at radius 2 is 1.95 bits per heavy atom. The summed E-state index contributed by atoms with van der Waals surface area (Å²) in [5.41, 5.74) is 0.561. The first-order valence-corrected chi connectivity index (χ1v) is 7.35. The van der Waals surface area contributed by atoms with Crippen molar-refractivity contribution in [1.29, 1.82) is 0 Å². The Labute approximate surface area is 137 Å². The van der Waals surface area contributed by atoms with Crippen LogP contribution in [0, 0.1) is 24.1 Å². The van der Waals surface area contributed by atoms with E-state index in [4.69, 9.17) is 11.2 Å². The van der Waals surface area contributed by atoms with Crippen molar-refractivity contribution in [2.75, 3.05) is 32.8 Å². The molecule has 0 spiro atoms. The summed E-state index contributed by atoms with van der Waals surface area (Å²) < 4.78 is 18.3. The Kier molecular flexibility index (Phi) is 8.11.